The highest BCUT2D eigenvalue weighted by Crippen LogP contribution is 2.24. The van der Waals surface area contributed by atoms with Gasteiger partial charge in [-0.05, 0) is 83.1 Å². The lowest BCUT2D eigenvalue weighted by molar-refractivity contribution is -0.112. The molecule has 0 aliphatic rings. The van der Waals surface area contributed by atoms with Crippen molar-refractivity contribution in [1.82, 2.24) is 0 Å². The lowest BCUT2D eigenvalue weighted by Gasteiger charge is -2.09. The van der Waals surface area contributed by atoms with Gasteiger partial charge in [-0.1, -0.05) is 51.8 Å². The summed E-state index contributed by atoms with van der Waals surface area (Å²) in [6.45, 7) is 2.53. The average molecular weight is 573 g/mol. The monoisotopic (exact) mass is 572 g/mol. The molecule has 30 heavy (non-hydrogen) atoms. The van der Waals surface area contributed by atoms with Crippen molar-refractivity contribution in [2.75, 3.05) is 5.32 Å². The molecule has 3 aromatic rings. The van der Waals surface area contributed by atoms with Crippen molar-refractivity contribution >= 4 is 56.2 Å². The normalized spacial score (nSPS) is 10.9. The summed E-state index contributed by atoms with van der Waals surface area (Å²) in [4.78, 5) is 12.4. The molecule has 0 bridgehead atoms. The molecular formula is C24H18BrIN2O2. The zero-order valence-electron chi connectivity index (χ0n) is 16.2. The molecule has 1 amide bonds. The number of rotatable bonds is 6. The van der Waals surface area contributed by atoms with E-state index in [9.17, 15) is 10.1 Å². The van der Waals surface area contributed by atoms with Crippen molar-refractivity contribution < 1.29 is 9.53 Å². The fraction of sp³-hybridized carbons (Fsp3) is 0.0833. The van der Waals surface area contributed by atoms with E-state index < -0.39 is 5.91 Å². The molecule has 150 valence electrons. The van der Waals surface area contributed by atoms with Crippen LogP contribution in [0.15, 0.2) is 76.8 Å². The van der Waals surface area contributed by atoms with Crippen molar-refractivity contribution in [3.8, 4) is 11.8 Å². The van der Waals surface area contributed by atoms with Gasteiger partial charge in [0.05, 0.1) is 3.57 Å². The van der Waals surface area contributed by atoms with E-state index in [-0.39, 0.29) is 5.57 Å². The molecular weight excluding hydrogens is 555 g/mol. The molecule has 1 N–H and O–H groups in total. The highest BCUT2D eigenvalue weighted by atomic mass is 127. The molecule has 0 saturated heterocycles. The van der Waals surface area contributed by atoms with Crippen molar-refractivity contribution in [2.24, 2.45) is 0 Å². The lowest BCUT2D eigenvalue weighted by Crippen LogP contribution is -2.13. The van der Waals surface area contributed by atoms with Gasteiger partial charge in [-0.15, -0.1) is 0 Å². The topological polar surface area (TPSA) is 62.1 Å². The van der Waals surface area contributed by atoms with Crippen LogP contribution in [0.25, 0.3) is 6.08 Å². The molecule has 0 heterocycles. The molecule has 4 nitrogen and oxygen atoms in total. The van der Waals surface area contributed by atoms with E-state index >= 15 is 0 Å². The summed E-state index contributed by atoms with van der Waals surface area (Å²) in [5, 5.41) is 12.2. The number of nitriles is 1. The number of carbonyl (C=O) groups is 1. The highest BCUT2D eigenvalue weighted by Gasteiger charge is 2.10. The Morgan fingerprint density at radius 3 is 2.47 bits per heavy atom. The van der Waals surface area contributed by atoms with Crippen LogP contribution >= 0.6 is 38.5 Å². The molecule has 0 atom stereocenters. The van der Waals surface area contributed by atoms with Crippen molar-refractivity contribution in [3.05, 3.63) is 97.0 Å². The molecule has 3 aromatic carbocycles. The van der Waals surface area contributed by atoms with Crippen LogP contribution in [0.3, 0.4) is 0 Å². The Hall–Kier alpha value is -2.63. The number of carbonyl (C=O) groups excluding carboxylic acids is 1. The quantitative estimate of drug-likeness (QED) is 0.209. The Balaban J connectivity index is 1.69. The molecule has 0 saturated carbocycles. The SMILES string of the molecule is Cc1ccc(COc2ccc(/C=C(/C#N)C(=O)Nc3ccc(Br)cc3)cc2I)cc1. The van der Waals surface area contributed by atoms with Crippen molar-refractivity contribution in [3.63, 3.8) is 0 Å². The third-order valence-corrected chi connectivity index (χ3v) is 5.62. The van der Waals surface area contributed by atoms with Gasteiger partial charge < -0.3 is 10.1 Å². The first kappa shape index (κ1) is 22.1. The number of halogens is 2. The van der Waals surface area contributed by atoms with E-state index in [0.717, 1.165) is 24.9 Å². The second-order valence-corrected chi connectivity index (χ2v) is 8.67. The number of hydrogen-bond acceptors (Lipinski definition) is 3. The fourth-order valence-corrected chi connectivity index (χ4v) is 3.58. The number of nitrogens with one attached hydrogen (secondary N) is 1. The van der Waals surface area contributed by atoms with E-state index in [1.54, 1.807) is 18.2 Å². The maximum absolute atomic E-state index is 12.4. The maximum Gasteiger partial charge on any atom is 0.266 e. The van der Waals surface area contributed by atoms with Gasteiger partial charge in [0.15, 0.2) is 0 Å². The summed E-state index contributed by atoms with van der Waals surface area (Å²) in [7, 11) is 0. The summed E-state index contributed by atoms with van der Waals surface area (Å²) < 4.78 is 7.72. The number of aryl methyl sites for hydroxylation is 1. The van der Waals surface area contributed by atoms with Crippen LogP contribution in [0.4, 0.5) is 5.69 Å². The molecule has 0 spiro atoms. The highest BCUT2D eigenvalue weighted by molar-refractivity contribution is 14.1. The van der Waals surface area contributed by atoms with Gasteiger partial charge in [0.1, 0.15) is 24.0 Å². The van der Waals surface area contributed by atoms with Crippen LogP contribution in [0.1, 0.15) is 16.7 Å². The minimum atomic E-state index is -0.450. The van der Waals surface area contributed by atoms with Gasteiger partial charge in [-0.2, -0.15) is 5.26 Å². The summed E-state index contributed by atoms with van der Waals surface area (Å²) in [6.07, 6.45) is 1.57. The predicted molar refractivity (Wildman–Crippen MR) is 131 cm³/mol. The van der Waals surface area contributed by atoms with Gasteiger partial charge in [0.2, 0.25) is 0 Å². The minimum absolute atomic E-state index is 0.0297. The number of benzene rings is 3. The van der Waals surface area contributed by atoms with Gasteiger partial charge in [0, 0.05) is 10.2 Å². The van der Waals surface area contributed by atoms with Gasteiger partial charge in [-0.3, -0.25) is 4.79 Å². The molecule has 3 rings (SSSR count). The Bertz CT molecular complexity index is 1120. The van der Waals surface area contributed by atoms with E-state index in [0.29, 0.717) is 12.3 Å². The lowest BCUT2D eigenvalue weighted by atomic mass is 10.1. The maximum atomic E-state index is 12.4. The summed E-state index contributed by atoms with van der Waals surface area (Å²) in [5.74, 6) is 0.306. The Morgan fingerprint density at radius 2 is 1.83 bits per heavy atom. The van der Waals surface area contributed by atoms with Crippen LogP contribution in [0.5, 0.6) is 5.75 Å². The number of anilines is 1. The van der Waals surface area contributed by atoms with Gasteiger partial charge in [-0.25, -0.2) is 0 Å². The largest absolute Gasteiger partial charge is 0.488 e. The zero-order valence-corrected chi connectivity index (χ0v) is 19.9. The van der Waals surface area contributed by atoms with Crippen LogP contribution in [0, 0.1) is 21.8 Å². The van der Waals surface area contributed by atoms with Gasteiger partial charge >= 0.3 is 0 Å². The number of nitrogens with zero attached hydrogens (tertiary/aromatic N) is 1. The standard InChI is InChI=1S/C24H18BrIN2O2/c1-16-2-4-17(5-3-16)15-30-23-11-6-18(13-22(23)26)12-19(14-27)24(29)28-21-9-7-20(25)8-10-21/h2-13H,15H2,1H3,(H,28,29)/b19-12-. The number of hydrogen-bond donors (Lipinski definition) is 1. The predicted octanol–water partition coefficient (Wildman–Crippen LogP) is 6.49. The van der Waals surface area contributed by atoms with Gasteiger partial charge in [0.25, 0.3) is 5.91 Å². The first-order chi connectivity index (χ1) is 14.4. The average Bonchev–Trinajstić information content (AvgIpc) is 2.74. The van der Waals surface area contributed by atoms with E-state index in [1.165, 1.54) is 5.56 Å². The second kappa shape index (κ2) is 10.4. The van der Waals surface area contributed by atoms with Crippen LogP contribution in [-0.4, -0.2) is 5.91 Å². The molecule has 6 heteroatoms. The van der Waals surface area contributed by atoms with Crippen molar-refractivity contribution in [1.29, 1.82) is 5.26 Å². The molecule has 0 aliphatic heterocycles. The Kier molecular flexibility index (Phi) is 7.66. The number of ether oxygens (including phenoxy) is 1. The van der Waals surface area contributed by atoms with Crippen molar-refractivity contribution in [2.45, 2.75) is 13.5 Å². The third-order valence-electron chi connectivity index (χ3n) is 4.25. The Labute approximate surface area is 197 Å². The van der Waals surface area contributed by atoms with E-state index in [1.807, 2.05) is 48.5 Å². The summed E-state index contributed by atoms with van der Waals surface area (Å²) in [5.41, 5.74) is 3.71. The molecule has 0 radical (unpaired) electrons. The summed E-state index contributed by atoms with van der Waals surface area (Å²) in [6, 6.07) is 22.9. The summed E-state index contributed by atoms with van der Waals surface area (Å²) >= 11 is 5.54. The van der Waals surface area contributed by atoms with Crippen LogP contribution < -0.4 is 10.1 Å². The fourth-order valence-electron chi connectivity index (χ4n) is 2.62. The second-order valence-electron chi connectivity index (χ2n) is 6.59. The minimum Gasteiger partial charge on any atom is -0.488 e. The van der Waals surface area contributed by atoms with E-state index in [2.05, 4.69) is 62.9 Å². The third kappa shape index (κ3) is 6.18. The first-order valence-corrected chi connectivity index (χ1v) is 11.0. The van der Waals surface area contributed by atoms with E-state index in [4.69, 9.17) is 4.74 Å². The molecule has 0 aliphatic carbocycles. The molecule has 0 unspecified atom stereocenters. The number of amides is 1. The molecule has 0 aromatic heterocycles. The smallest absolute Gasteiger partial charge is 0.266 e. The van der Waals surface area contributed by atoms with Crippen LogP contribution in [-0.2, 0) is 11.4 Å². The Morgan fingerprint density at radius 1 is 1.13 bits per heavy atom. The zero-order chi connectivity index (χ0) is 21.5. The molecule has 0 fully saturated rings. The first-order valence-electron chi connectivity index (χ1n) is 9.11. The van der Waals surface area contributed by atoms with Crippen LogP contribution in [0.2, 0.25) is 0 Å².